The molecule has 0 atom stereocenters. The Morgan fingerprint density at radius 3 is 2.75 bits per heavy atom. The number of nitrogens with one attached hydrogen (secondary N) is 1. The van der Waals surface area contributed by atoms with Crippen molar-refractivity contribution in [1.29, 1.82) is 0 Å². The SMILES string of the molecule is CCNC(N)=NCN. The van der Waals surface area contributed by atoms with E-state index in [1.807, 2.05) is 6.92 Å². The highest BCUT2D eigenvalue weighted by atomic mass is 15.1. The maximum absolute atomic E-state index is 5.25. The second kappa shape index (κ2) is 4.39. The zero-order valence-corrected chi connectivity index (χ0v) is 5.02. The summed E-state index contributed by atoms with van der Waals surface area (Å²) < 4.78 is 0. The summed E-state index contributed by atoms with van der Waals surface area (Å²) in [5.41, 5.74) is 10.3. The van der Waals surface area contributed by atoms with E-state index in [9.17, 15) is 0 Å². The lowest BCUT2D eigenvalue weighted by molar-refractivity contribution is 0.928. The second-order valence-corrected chi connectivity index (χ2v) is 1.26. The van der Waals surface area contributed by atoms with Gasteiger partial charge < -0.3 is 16.8 Å². The molecule has 0 amide bonds. The number of hydrogen-bond acceptors (Lipinski definition) is 2. The van der Waals surface area contributed by atoms with Crippen molar-refractivity contribution in [3.05, 3.63) is 0 Å². The largest absolute Gasteiger partial charge is 0.370 e. The van der Waals surface area contributed by atoms with Crippen molar-refractivity contribution < 1.29 is 0 Å². The molecule has 0 aromatic carbocycles. The molecule has 0 radical (unpaired) electrons. The van der Waals surface area contributed by atoms with Gasteiger partial charge >= 0.3 is 0 Å². The molecule has 0 aliphatic rings. The Morgan fingerprint density at radius 1 is 1.75 bits per heavy atom. The Morgan fingerprint density at radius 2 is 2.38 bits per heavy atom. The van der Waals surface area contributed by atoms with Crippen LogP contribution in [-0.4, -0.2) is 19.2 Å². The molecule has 0 saturated carbocycles. The summed E-state index contributed by atoms with van der Waals surface area (Å²) >= 11 is 0. The van der Waals surface area contributed by atoms with Crippen molar-refractivity contribution in [2.45, 2.75) is 6.92 Å². The van der Waals surface area contributed by atoms with E-state index >= 15 is 0 Å². The van der Waals surface area contributed by atoms with Crippen LogP contribution in [0.15, 0.2) is 4.99 Å². The van der Waals surface area contributed by atoms with E-state index < -0.39 is 0 Å². The van der Waals surface area contributed by atoms with Crippen LogP contribution < -0.4 is 16.8 Å². The summed E-state index contributed by atoms with van der Waals surface area (Å²) in [6.45, 7) is 2.98. The van der Waals surface area contributed by atoms with E-state index in [1.54, 1.807) is 0 Å². The fourth-order valence-electron chi connectivity index (χ4n) is 0.335. The third kappa shape index (κ3) is 3.42. The van der Waals surface area contributed by atoms with Gasteiger partial charge in [0, 0.05) is 6.54 Å². The van der Waals surface area contributed by atoms with E-state index in [1.165, 1.54) is 0 Å². The van der Waals surface area contributed by atoms with Gasteiger partial charge in [-0.15, -0.1) is 0 Å². The van der Waals surface area contributed by atoms with Gasteiger partial charge in [-0.05, 0) is 6.92 Å². The van der Waals surface area contributed by atoms with Crippen molar-refractivity contribution >= 4 is 5.96 Å². The van der Waals surface area contributed by atoms with Crippen LogP contribution in [0.5, 0.6) is 0 Å². The molecule has 0 aliphatic carbocycles. The standard InChI is InChI=1S/C4H12N4/c1-2-7-4(6)8-3-5/h2-3,5H2,1H3,(H3,6,7,8). The van der Waals surface area contributed by atoms with Gasteiger partial charge in [-0.1, -0.05) is 0 Å². The molecule has 0 unspecified atom stereocenters. The normalized spacial score (nSPS) is 11.5. The van der Waals surface area contributed by atoms with Gasteiger partial charge in [0.05, 0.1) is 6.67 Å². The van der Waals surface area contributed by atoms with Crippen LogP contribution in [0.2, 0.25) is 0 Å². The molecule has 48 valence electrons. The minimum atomic E-state index is 0.249. The van der Waals surface area contributed by atoms with Crippen molar-refractivity contribution in [3.63, 3.8) is 0 Å². The average molecular weight is 116 g/mol. The van der Waals surface area contributed by atoms with E-state index in [0.29, 0.717) is 5.96 Å². The summed E-state index contributed by atoms with van der Waals surface area (Å²) in [6.07, 6.45) is 0. The van der Waals surface area contributed by atoms with Crippen LogP contribution in [0.3, 0.4) is 0 Å². The highest BCUT2D eigenvalue weighted by Gasteiger charge is 1.80. The molecule has 0 aromatic rings. The zero-order valence-electron chi connectivity index (χ0n) is 5.02. The number of nitrogens with two attached hydrogens (primary N) is 2. The molecule has 4 nitrogen and oxygen atoms in total. The number of hydrogen-bond donors (Lipinski definition) is 3. The van der Waals surface area contributed by atoms with Gasteiger partial charge in [0.25, 0.3) is 0 Å². The third-order valence-electron chi connectivity index (χ3n) is 0.620. The smallest absolute Gasteiger partial charge is 0.189 e. The van der Waals surface area contributed by atoms with Crippen molar-refractivity contribution in [2.24, 2.45) is 16.5 Å². The van der Waals surface area contributed by atoms with Crippen LogP contribution in [0.1, 0.15) is 6.92 Å². The van der Waals surface area contributed by atoms with Gasteiger partial charge in [0.1, 0.15) is 0 Å². The molecule has 0 rings (SSSR count). The molecule has 0 bridgehead atoms. The molecule has 4 heteroatoms. The van der Waals surface area contributed by atoms with Gasteiger partial charge in [0.2, 0.25) is 0 Å². The van der Waals surface area contributed by atoms with Gasteiger partial charge in [-0.2, -0.15) is 0 Å². The van der Waals surface area contributed by atoms with Crippen LogP contribution in [0.25, 0.3) is 0 Å². The first-order valence-electron chi connectivity index (χ1n) is 2.55. The molecular weight excluding hydrogens is 104 g/mol. The van der Waals surface area contributed by atoms with E-state index in [2.05, 4.69) is 10.3 Å². The number of rotatable bonds is 2. The number of guanidine groups is 1. The molecule has 5 N–H and O–H groups in total. The Bertz CT molecular complexity index is 78.1. The summed E-state index contributed by atoms with van der Waals surface area (Å²) in [4.78, 5) is 3.68. The van der Waals surface area contributed by atoms with Crippen molar-refractivity contribution in [3.8, 4) is 0 Å². The fourth-order valence-corrected chi connectivity index (χ4v) is 0.335. The van der Waals surface area contributed by atoms with Gasteiger partial charge in [0.15, 0.2) is 5.96 Å². The summed E-state index contributed by atoms with van der Waals surface area (Å²) in [6, 6.07) is 0. The maximum Gasteiger partial charge on any atom is 0.189 e. The molecule has 0 aliphatic heterocycles. The quantitative estimate of drug-likeness (QED) is 0.314. The highest BCUT2D eigenvalue weighted by molar-refractivity contribution is 5.77. The molecule has 0 heterocycles. The Kier molecular flexibility index (Phi) is 3.97. The second-order valence-electron chi connectivity index (χ2n) is 1.26. The fraction of sp³-hybridized carbons (Fsp3) is 0.750. The molecule has 0 spiro atoms. The first-order valence-corrected chi connectivity index (χ1v) is 2.55. The predicted octanol–water partition coefficient (Wildman–Crippen LogP) is -1.17. The lowest BCUT2D eigenvalue weighted by Crippen LogP contribution is -2.31. The third-order valence-corrected chi connectivity index (χ3v) is 0.620. The Hall–Kier alpha value is -0.770. The zero-order chi connectivity index (χ0) is 6.41. The predicted molar refractivity (Wildman–Crippen MR) is 34.4 cm³/mol. The lowest BCUT2D eigenvalue weighted by atomic mass is 10.7. The highest BCUT2D eigenvalue weighted by Crippen LogP contribution is 1.58. The molecule has 8 heavy (non-hydrogen) atoms. The summed E-state index contributed by atoms with van der Waals surface area (Å²) in [5, 5.41) is 2.79. The Balaban J connectivity index is 3.29. The van der Waals surface area contributed by atoms with Crippen LogP contribution in [0, 0.1) is 0 Å². The monoisotopic (exact) mass is 116 g/mol. The molecule has 0 fully saturated rings. The average Bonchev–Trinajstić information content (AvgIpc) is 1.68. The molecule has 0 saturated heterocycles. The van der Waals surface area contributed by atoms with Crippen LogP contribution >= 0.6 is 0 Å². The van der Waals surface area contributed by atoms with E-state index in [4.69, 9.17) is 11.5 Å². The van der Waals surface area contributed by atoms with E-state index in [-0.39, 0.29) is 6.67 Å². The van der Waals surface area contributed by atoms with Crippen molar-refractivity contribution in [1.82, 2.24) is 5.32 Å². The van der Waals surface area contributed by atoms with Crippen LogP contribution in [0.4, 0.5) is 0 Å². The number of aliphatic imine (C=N–C) groups is 1. The Labute approximate surface area is 49.0 Å². The molecular formula is C4H12N4. The minimum absolute atomic E-state index is 0.249. The molecule has 0 aromatic heterocycles. The first-order chi connectivity index (χ1) is 3.81. The maximum atomic E-state index is 5.25. The van der Waals surface area contributed by atoms with E-state index in [0.717, 1.165) is 6.54 Å². The minimum Gasteiger partial charge on any atom is -0.370 e. The van der Waals surface area contributed by atoms with Crippen LogP contribution in [-0.2, 0) is 0 Å². The number of nitrogens with zero attached hydrogens (tertiary/aromatic N) is 1. The lowest BCUT2D eigenvalue weighted by Gasteiger charge is -1.97. The summed E-state index contributed by atoms with van der Waals surface area (Å²) in [7, 11) is 0. The first kappa shape index (κ1) is 7.23. The van der Waals surface area contributed by atoms with Crippen molar-refractivity contribution in [2.75, 3.05) is 13.2 Å². The topological polar surface area (TPSA) is 76.4 Å². The van der Waals surface area contributed by atoms with Gasteiger partial charge in [-0.3, -0.25) is 0 Å². The summed E-state index contributed by atoms with van der Waals surface area (Å²) in [5.74, 6) is 0.412. The van der Waals surface area contributed by atoms with Gasteiger partial charge in [-0.25, -0.2) is 4.99 Å².